The van der Waals surface area contributed by atoms with Gasteiger partial charge in [0.05, 0.1) is 26.2 Å². The minimum atomic E-state index is -3.70. The quantitative estimate of drug-likeness (QED) is 0.412. The molecule has 214 valence electrons. The maximum Gasteiger partial charge on any atom is 0.322 e. The third-order valence-electron chi connectivity index (χ3n) is 7.65. The number of nitrogens with zero attached hydrogens (tertiary/aromatic N) is 3. The molecule has 2 unspecified atom stereocenters. The largest absolute Gasteiger partial charge is 0.493 e. The Hall–Kier alpha value is -3.64. The van der Waals surface area contributed by atoms with Crippen LogP contribution in [0.3, 0.4) is 0 Å². The molecule has 40 heavy (non-hydrogen) atoms. The second-order valence-electron chi connectivity index (χ2n) is 11.6. The molecule has 2 bridgehead atoms. The lowest BCUT2D eigenvalue weighted by atomic mass is 9.65. The molecular formula is C28H34N4O7S. The van der Waals surface area contributed by atoms with E-state index < -0.39 is 15.9 Å². The molecule has 3 aromatic rings. The van der Waals surface area contributed by atoms with Crippen LogP contribution in [0.5, 0.6) is 17.2 Å². The van der Waals surface area contributed by atoms with E-state index >= 15 is 0 Å². The fraction of sp³-hybridized carbons (Fsp3) is 0.464. The molecule has 1 aromatic heterocycles. The van der Waals surface area contributed by atoms with Crippen molar-refractivity contribution < 1.29 is 31.8 Å². The summed E-state index contributed by atoms with van der Waals surface area (Å²) in [5.74, 6) is 0.842. The van der Waals surface area contributed by atoms with Crippen molar-refractivity contribution >= 4 is 21.9 Å². The van der Waals surface area contributed by atoms with E-state index in [0.29, 0.717) is 29.4 Å². The average Bonchev–Trinajstić information content (AvgIpc) is 3.48. The summed E-state index contributed by atoms with van der Waals surface area (Å²) in [6.45, 7) is 7.10. The van der Waals surface area contributed by atoms with Crippen LogP contribution in [0, 0.1) is 10.8 Å². The third kappa shape index (κ3) is 5.13. The van der Waals surface area contributed by atoms with Crippen LogP contribution >= 0.6 is 0 Å². The topological polar surface area (TPSA) is 133 Å². The first-order valence-corrected chi connectivity index (χ1v) is 14.4. The SMILES string of the molecule is COc1cc(-c2nnc(NC(=O)c3ccc(S(=O)(=O)N4CC5(C)CC4CC(C)(C)C5)cc3)o2)cc(OC)c1OC. The van der Waals surface area contributed by atoms with Crippen LogP contribution in [0.2, 0.25) is 0 Å². The van der Waals surface area contributed by atoms with E-state index in [2.05, 4.69) is 36.3 Å². The van der Waals surface area contributed by atoms with Crippen LogP contribution in [0.15, 0.2) is 45.7 Å². The van der Waals surface area contributed by atoms with Gasteiger partial charge in [-0.25, -0.2) is 8.42 Å². The molecule has 2 aromatic carbocycles. The molecule has 0 spiro atoms. The summed E-state index contributed by atoms with van der Waals surface area (Å²) in [6.07, 6.45) is 2.71. The minimum Gasteiger partial charge on any atom is -0.493 e. The van der Waals surface area contributed by atoms with Gasteiger partial charge in [-0.15, -0.1) is 5.10 Å². The molecule has 2 heterocycles. The smallest absolute Gasteiger partial charge is 0.322 e. The molecule has 1 N–H and O–H groups in total. The van der Waals surface area contributed by atoms with E-state index in [1.54, 1.807) is 16.4 Å². The van der Waals surface area contributed by atoms with Gasteiger partial charge in [0, 0.05) is 23.7 Å². The predicted octanol–water partition coefficient (Wildman–Crippen LogP) is 4.60. The Morgan fingerprint density at radius 3 is 2.25 bits per heavy atom. The maximum atomic E-state index is 13.5. The van der Waals surface area contributed by atoms with Crippen LogP contribution in [-0.2, 0) is 10.0 Å². The van der Waals surface area contributed by atoms with Crippen molar-refractivity contribution in [3.05, 3.63) is 42.0 Å². The third-order valence-corrected chi connectivity index (χ3v) is 9.56. The first-order valence-electron chi connectivity index (χ1n) is 13.0. The highest BCUT2D eigenvalue weighted by Crippen LogP contribution is 2.53. The molecule has 12 heteroatoms. The van der Waals surface area contributed by atoms with Gasteiger partial charge >= 0.3 is 6.01 Å². The fourth-order valence-electron chi connectivity index (χ4n) is 6.37. The molecule has 1 saturated heterocycles. The number of carbonyl (C=O) groups is 1. The van der Waals surface area contributed by atoms with Crippen molar-refractivity contribution in [3.63, 3.8) is 0 Å². The summed E-state index contributed by atoms with van der Waals surface area (Å²) in [4.78, 5) is 13.0. The van der Waals surface area contributed by atoms with Crippen LogP contribution in [0.4, 0.5) is 6.01 Å². The summed E-state index contributed by atoms with van der Waals surface area (Å²) in [5.41, 5.74) is 0.828. The van der Waals surface area contributed by atoms with Crippen molar-refractivity contribution in [2.24, 2.45) is 10.8 Å². The number of aromatic nitrogens is 2. The number of hydrogen-bond acceptors (Lipinski definition) is 9. The lowest BCUT2D eigenvalue weighted by Gasteiger charge is -2.39. The van der Waals surface area contributed by atoms with E-state index in [1.165, 1.54) is 45.6 Å². The van der Waals surface area contributed by atoms with Gasteiger partial charge in [0.25, 0.3) is 5.91 Å². The molecule has 1 aliphatic heterocycles. The average molecular weight is 571 g/mol. The number of anilines is 1. The molecule has 2 fully saturated rings. The van der Waals surface area contributed by atoms with Gasteiger partial charge in [0.1, 0.15) is 0 Å². The Morgan fingerprint density at radius 1 is 1.00 bits per heavy atom. The van der Waals surface area contributed by atoms with Gasteiger partial charge in [0.15, 0.2) is 11.5 Å². The Balaban J connectivity index is 1.30. The van der Waals surface area contributed by atoms with E-state index in [-0.39, 0.29) is 39.2 Å². The highest BCUT2D eigenvalue weighted by molar-refractivity contribution is 7.89. The lowest BCUT2D eigenvalue weighted by molar-refractivity contribution is 0.102. The second-order valence-corrected chi connectivity index (χ2v) is 13.5. The number of sulfonamides is 1. The Bertz CT molecular complexity index is 1510. The zero-order valence-electron chi connectivity index (χ0n) is 23.5. The van der Waals surface area contributed by atoms with E-state index in [0.717, 1.165) is 19.3 Å². The number of hydrogen-bond donors (Lipinski definition) is 1. The highest BCUT2D eigenvalue weighted by atomic mass is 32.2. The first kappa shape index (κ1) is 27.9. The van der Waals surface area contributed by atoms with Crippen LogP contribution in [0.1, 0.15) is 50.4 Å². The molecule has 0 radical (unpaired) electrons. The molecule has 1 aliphatic carbocycles. The van der Waals surface area contributed by atoms with Gasteiger partial charge in [-0.2, -0.15) is 4.31 Å². The first-order chi connectivity index (χ1) is 18.9. The van der Waals surface area contributed by atoms with Gasteiger partial charge < -0.3 is 18.6 Å². The summed E-state index contributed by atoms with van der Waals surface area (Å²) in [6, 6.07) is 9.05. The predicted molar refractivity (Wildman–Crippen MR) is 147 cm³/mol. The molecule has 1 amide bonds. The summed E-state index contributed by atoms with van der Waals surface area (Å²) >= 11 is 0. The van der Waals surface area contributed by atoms with E-state index in [9.17, 15) is 13.2 Å². The number of methoxy groups -OCH3 is 3. The van der Waals surface area contributed by atoms with E-state index in [4.69, 9.17) is 18.6 Å². The highest BCUT2D eigenvalue weighted by Gasteiger charge is 2.53. The lowest BCUT2D eigenvalue weighted by Crippen LogP contribution is -2.37. The van der Waals surface area contributed by atoms with Gasteiger partial charge in [-0.3, -0.25) is 10.1 Å². The number of carbonyl (C=O) groups excluding carboxylic acids is 1. The zero-order valence-corrected chi connectivity index (χ0v) is 24.3. The van der Waals surface area contributed by atoms with Crippen LogP contribution in [0.25, 0.3) is 11.5 Å². The zero-order chi connectivity index (χ0) is 28.9. The van der Waals surface area contributed by atoms with Crippen molar-refractivity contribution in [2.75, 3.05) is 33.2 Å². The van der Waals surface area contributed by atoms with Crippen molar-refractivity contribution in [3.8, 4) is 28.7 Å². The number of benzene rings is 2. The Morgan fingerprint density at radius 2 is 1.65 bits per heavy atom. The van der Waals surface area contributed by atoms with Gasteiger partial charge in [0.2, 0.25) is 21.7 Å². The van der Waals surface area contributed by atoms with Crippen molar-refractivity contribution in [1.29, 1.82) is 0 Å². The molecule has 2 aliphatic rings. The van der Waals surface area contributed by atoms with Crippen LogP contribution < -0.4 is 19.5 Å². The second kappa shape index (κ2) is 10.1. The summed E-state index contributed by atoms with van der Waals surface area (Å²) in [7, 11) is 0.795. The molecule has 1 saturated carbocycles. The van der Waals surface area contributed by atoms with Crippen molar-refractivity contribution in [1.82, 2.24) is 14.5 Å². The van der Waals surface area contributed by atoms with Gasteiger partial charge in [-0.1, -0.05) is 25.9 Å². The molecule has 11 nitrogen and oxygen atoms in total. The Kier molecular flexibility index (Phi) is 7.03. The summed E-state index contributed by atoms with van der Waals surface area (Å²) in [5, 5.41) is 10.5. The number of ether oxygens (including phenoxy) is 3. The maximum absolute atomic E-state index is 13.5. The monoisotopic (exact) mass is 570 g/mol. The molecule has 5 rings (SSSR count). The standard InChI is InChI=1S/C28H34N4O7S/c1-27(2)13-19-14-28(3,15-27)16-32(19)40(34,35)20-9-7-17(8-10-20)24(33)29-26-31-30-25(39-26)18-11-21(36-4)23(38-6)22(12-18)37-5/h7-12,19H,13-16H2,1-6H3,(H,29,31,33). The number of amides is 1. The van der Waals surface area contributed by atoms with E-state index in [1.807, 2.05) is 0 Å². The van der Waals surface area contributed by atoms with Gasteiger partial charge in [-0.05, 0) is 66.5 Å². The Labute approximate surface area is 233 Å². The minimum absolute atomic E-state index is 0.0147. The van der Waals surface area contributed by atoms with Crippen LogP contribution in [-0.4, -0.2) is 62.7 Å². The fourth-order valence-corrected chi connectivity index (χ4v) is 8.14. The molecule has 2 atom stereocenters. The summed E-state index contributed by atoms with van der Waals surface area (Å²) < 4.78 is 50.4. The normalized spacial score (nSPS) is 22.1. The number of fused-ring (bicyclic) bond motifs is 2. The molecular weight excluding hydrogens is 536 g/mol. The number of nitrogens with one attached hydrogen (secondary N) is 1. The van der Waals surface area contributed by atoms with Crippen molar-refractivity contribution in [2.45, 2.75) is 51.0 Å². The number of rotatable bonds is 8.